The van der Waals surface area contributed by atoms with Crippen LogP contribution in [0.3, 0.4) is 0 Å². The van der Waals surface area contributed by atoms with Crippen LogP contribution in [-0.2, 0) is 9.59 Å². The van der Waals surface area contributed by atoms with E-state index in [-0.39, 0.29) is 17.7 Å². The van der Waals surface area contributed by atoms with Crippen molar-refractivity contribution in [2.24, 2.45) is 5.92 Å². The maximum atomic E-state index is 12.5. The molecule has 5 nitrogen and oxygen atoms in total. The summed E-state index contributed by atoms with van der Waals surface area (Å²) >= 11 is 0. The Balaban J connectivity index is 1.52. The van der Waals surface area contributed by atoms with E-state index in [4.69, 9.17) is 0 Å². The van der Waals surface area contributed by atoms with Crippen molar-refractivity contribution in [3.8, 4) is 0 Å². The molecule has 3 saturated heterocycles. The van der Waals surface area contributed by atoms with Gasteiger partial charge in [0.1, 0.15) is 0 Å². The molecule has 1 unspecified atom stereocenters. The summed E-state index contributed by atoms with van der Waals surface area (Å²) < 4.78 is 0. The van der Waals surface area contributed by atoms with Gasteiger partial charge in [0, 0.05) is 31.6 Å². The molecule has 3 rings (SSSR count). The molecule has 3 aliphatic heterocycles. The number of carbonyl (C=O) groups excluding carboxylic acids is 2. The van der Waals surface area contributed by atoms with Crippen LogP contribution < -0.4 is 5.32 Å². The van der Waals surface area contributed by atoms with Crippen molar-refractivity contribution in [1.82, 2.24) is 15.1 Å². The first-order valence-corrected chi connectivity index (χ1v) is 7.89. The summed E-state index contributed by atoms with van der Waals surface area (Å²) in [6, 6.07) is 0. The van der Waals surface area contributed by atoms with Crippen LogP contribution in [0.25, 0.3) is 0 Å². The maximum Gasteiger partial charge on any atom is 0.227 e. The fraction of sp³-hybridized carbons (Fsp3) is 0.867. The molecular formula is C15H25N3O2. The van der Waals surface area contributed by atoms with Gasteiger partial charge in [-0.1, -0.05) is 0 Å². The van der Waals surface area contributed by atoms with Gasteiger partial charge in [0.05, 0.1) is 5.92 Å². The van der Waals surface area contributed by atoms with Gasteiger partial charge in [-0.25, -0.2) is 0 Å². The molecule has 0 saturated carbocycles. The minimum atomic E-state index is 0.000986. The summed E-state index contributed by atoms with van der Waals surface area (Å²) in [5.74, 6) is 0.328. The van der Waals surface area contributed by atoms with Gasteiger partial charge in [0.2, 0.25) is 11.8 Å². The lowest BCUT2D eigenvalue weighted by atomic mass is 9.84. The van der Waals surface area contributed by atoms with Crippen molar-refractivity contribution >= 4 is 11.8 Å². The maximum absolute atomic E-state index is 12.5. The lowest BCUT2D eigenvalue weighted by Gasteiger charge is -2.51. The van der Waals surface area contributed by atoms with E-state index in [0.717, 1.165) is 25.9 Å². The molecule has 1 N–H and O–H groups in total. The summed E-state index contributed by atoms with van der Waals surface area (Å²) in [5.41, 5.74) is 0.301. The fourth-order valence-electron chi connectivity index (χ4n) is 3.58. The summed E-state index contributed by atoms with van der Waals surface area (Å²) in [4.78, 5) is 28.2. The zero-order chi connectivity index (χ0) is 14.2. The number of nitrogens with zero attached hydrogens (tertiary/aromatic N) is 2. The number of likely N-dealkylation sites (tertiary alicyclic amines) is 2. The van der Waals surface area contributed by atoms with E-state index in [0.29, 0.717) is 24.9 Å². The quantitative estimate of drug-likeness (QED) is 0.805. The number of carbonyl (C=O) groups is 2. The van der Waals surface area contributed by atoms with E-state index in [1.807, 2.05) is 4.90 Å². The second-order valence-electron chi connectivity index (χ2n) is 6.70. The van der Waals surface area contributed by atoms with Gasteiger partial charge in [-0.15, -0.1) is 0 Å². The van der Waals surface area contributed by atoms with Gasteiger partial charge in [0.25, 0.3) is 0 Å². The summed E-state index contributed by atoms with van der Waals surface area (Å²) in [7, 11) is 0. The van der Waals surface area contributed by atoms with Gasteiger partial charge >= 0.3 is 0 Å². The van der Waals surface area contributed by atoms with E-state index >= 15 is 0 Å². The molecule has 0 aromatic carbocycles. The topological polar surface area (TPSA) is 52.7 Å². The van der Waals surface area contributed by atoms with Crippen LogP contribution in [-0.4, -0.2) is 59.9 Å². The Morgan fingerprint density at radius 3 is 2.45 bits per heavy atom. The number of nitrogens with one attached hydrogen (secondary N) is 1. The van der Waals surface area contributed by atoms with Crippen LogP contribution in [0.2, 0.25) is 0 Å². The first-order chi connectivity index (χ1) is 9.58. The van der Waals surface area contributed by atoms with Crippen molar-refractivity contribution in [3.05, 3.63) is 0 Å². The van der Waals surface area contributed by atoms with Crippen LogP contribution in [0.1, 0.15) is 39.0 Å². The predicted molar refractivity (Wildman–Crippen MR) is 76.1 cm³/mol. The van der Waals surface area contributed by atoms with Gasteiger partial charge in [-0.2, -0.15) is 0 Å². The standard InChI is InChI=1S/C15H25N3O2/c1-15(18-7-2-8-18)5-9-17(10-6-15)14(20)12-3-4-13(19)16-11-12/h12H,2-11H2,1H3,(H,16,19). The van der Waals surface area contributed by atoms with Gasteiger partial charge < -0.3 is 10.2 Å². The first kappa shape index (κ1) is 13.9. The predicted octanol–water partition coefficient (Wildman–Crippen LogP) is 0.599. The Hall–Kier alpha value is -1.10. The number of piperidine rings is 2. The third-order valence-electron chi connectivity index (χ3n) is 5.39. The molecular weight excluding hydrogens is 254 g/mol. The van der Waals surface area contributed by atoms with Crippen molar-refractivity contribution in [2.45, 2.75) is 44.6 Å². The average Bonchev–Trinajstić information content (AvgIpc) is 2.37. The van der Waals surface area contributed by atoms with Crippen molar-refractivity contribution in [2.75, 3.05) is 32.7 Å². The van der Waals surface area contributed by atoms with Crippen LogP contribution in [0, 0.1) is 5.92 Å². The Bertz CT molecular complexity index is 388. The lowest BCUT2D eigenvalue weighted by molar-refractivity contribution is -0.140. The molecule has 112 valence electrons. The smallest absolute Gasteiger partial charge is 0.227 e. The van der Waals surface area contributed by atoms with Crippen LogP contribution in [0.15, 0.2) is 0 Å². The van der Waals surface area contributed by atoms with E-state index in [2.05, 4.69) is 17.1 Å². The van der Waals surface area contributed by atoms with Crippen LogP contribution in [0.4, 0.5) is 0 Å². The monoisotopic (exact) mass is 279 g/mol. The molecule has 0 aromatic rings. The van der Waals surface area contributed by atoms with Gasteiger partial charge in [-0.3, -0.25) is 14.5 Å². The first-order valence-electron chi connectivity index (χ1n) is 7.89. The van der Waals surface area contributed by atoms with Crippen LogP contribution >= 0.6 is 0 Å². The van der Waals surface area contributed by atoms with Gasteiger partial charge in [0.15, 0.2) is 0 Å². The number of hydrogen-bond acceptors (Lipinski definition) is 3. The molecule has 0 aromatic heterocycles. The van der Waals surface area contributed by atoms with E-state index in [1.165, 1.54) is 19.5 Å². The molecule has 0 aliphatic carbocycles. The third-order valence-corrected chi connectivity index (χ3v) is 5.39. The molecule has 0 bridgehead atoms. The Labute approximate surface area is 120 Å². The lowest BCUT2D eigenvalue weighted by Crippen LogP contribution is -2.59. The highest BCUT2D eigenvalue weighted by molar-refractivity contribution is 5.83. The molecule has 0 spiro atoms. The molecule has 5 heteroatoms. The highest BCUT2D eigenvalue weighted by atomic mass is 16.2. The highest BCUT2D eigenvalue weighted by Crippen LogP contribution is 2.32. The number of hydrogen-bond donors (Lipinski definition) is 1. The highest BCUT2D eigenvalue weighted by Gasteiger charge is 2.40. The zero-order valence-electron chi connectivity index (χ0n) is 12.4. The largest absolute Gasteiger partial charge is 0.355 e. The molecule has 20 heavy (non-hydrogen) atoms. The van der Waals surface area contributed by atoms with E-state index < -0.39 is 0 Å². The third kappa shape index (κ3) is 2.55. The van der Waals surface area contributed by atoms with Crippen molar-refractivity contribution in [1.29, 1.82) is 0 Å². The summed E-state index contributed by atoms with van der Waals surface area (Å²) in [6.45, 7) is 7.05. The summed E-state index contributed by atoms with van der Waals surface area (Å²) in [5, 5.41) is 2.81. The van der Waals surface area contributed by atoms with Crippen molar-refractivity contribution in [3.63, 3.8) is 0 Å². The minimum absolute atomic E-state index is 0.000986. The number of rotatable bonds is 2. The SMILES string of the molecule is CC1(N2CCC2)CCN(C(=O)C2CCC(=O)NC2)CC1. The second-order valence-corrected chi connectivity index (χ2v) is 6.70. The van der Waals surface area contributed by atoms with E-state index in [9.17, 15) is 9.59 Å². The molecule has 1 atom stereocenters. The summed E-state index contributed by atoms with van der Waals surface area (Å²) in [6.07, 6.45) is 4.69. The van der Waals surface area contributed by atoms with Crippen LogP contribution in [0.5, 0.6) is 0 Å². The molecule has 3 heterocycles. The molecule has 3 fully saturated rings. The Kier molecular flexibility index (Phi) is 3.71. The zero-order valence-corrected chi connectivity index (χ0v) is 12.4. The van der Waals surface area contributed by atoms with E-state index in [1.54, 1.807) is 0 Å². The fourth-order valence-corrected chi connectivity index (χ4v) is 3.58. The Morgan fingerprint density at radius 1 is 1.25 bits per heavy atom. The minimum Gasteiger partial charge on any atom is -0.355 e. The van der Waals surface area contributed by atoms with Gasteiger partial charge in [-0.05, 0) is 45.7 Å². The molecule has 2 amide bonds. The Morgan fingerprint density at radius 2 is 1.95 bits per heavy atom. The normalized spacial score (nSPS) is 30.6. The second kappa shape index (κ2) is 5.35. The number of amides is 2. The molecule has 0 radical (unpaired) electrons. The molecule has 3 aliphatic rings. The average molecular weight is 279 g/mol. The van der Waals surface area contributed by atoms with Crippen molar-refractivity contribution < 1.29 is 9.59 Å².